The number of alkyl halides is 1. The smallest absolute Gasteiger partial charge is 0.124 e. The van der Waals surface area contributed by atoms with Crippen LogP contribution in [0.1, 0.15) is 25.0 Å². The first-order valence-electron chi connectivity index (χ1n) is 3.88. The first kappa shape index (κ1) is 8.60. The molecule has 0 spiro atoms. The lowest BCUT2D eigenvalue weighted by Crippen LogP contribution is -1.85. The van der Waals surface area contributed by atoms with Crippen LogP contribution in [0.2, 0.25) is 0 Å². The largest absolute Gasteiger partial charge is 0.365 e. The zero-order valence-corrected chi connectivity index (χ0v) is 7.18. The van der Waals surface area contributed by atoms with Gasteiger partial charge in [0.1, 0.15) is 6.26 Å². The van der Waals surface area contributed by atoms with Crippen molar-refractivity contribution in [2.24, 2.45) is 0 Å². The summed E-state index contributed by atoms with van der Waals surface area (Å²) in [7, 11) is 0. The van der Waals surface area contributed by atoms with Crippen LogP contribution in [0.3, 0.4) is 0 Å². The Morgan fingerprint density at radius 3 is 2.91 bits per heavy atom. The highest BCUT2D eigenvalue weighted by molar-refractivity contribution is 6.17. The third kappa shape index (κ3) is 3.42. The van der Waals surface area contributed by atoms with Crippen LogP contribution in [0.25, 0.3) is 0 Å². The van der Waals surface area contributed by atoms with Crippen LogP contribution >= 0.6 is 11.6 Å². The predicted octanol–water partition coefficient (Wildman–Crippen LogP) is 2.63. The maximum atomic E-state index is 5.53. The van der Waals surface area contributed by atoms with Crippen LogP contribution in [0, 0.1) is 0 Å². The van der Waals surface area contributed by atoms with Crippen LogP contribution in [-0.4, -0.2) is 11.0 Å². The second kappa shape index (κ2) is 5.19. The molecular formula is C8H12ClNO. The number of unbranched alkanes of at least 4 members (excludes halogenated alkanes) is 2. The molecule has 1 rings (SSSR count). The van der Waals surface area contributed by atoms with Crippen LogP contribution in [-0.2, 0) is 6.42 Å². The Labute approximate surface area is 71.5 Å². The summed E-state index contributed by atoms with van der Waals surface area (Å²) in [6, 6.07) is 1.90. The SMILES string of the molecule is ClCCCCCc1ccon1. The zero-order valence-electron chi connectivity index (χ0n) is 6.42. The second-order valence-electron chi connectivity index (χ2n) is 2.49. The fraction of sp³-hybridized carbons (Fsp3) is 0.625. The van der Waals surface area contributed by atoms with Gasteiger partial charge in [-0.1, -0.05) is 11.6 Å². The third-order valence-corrected chi connectivity index (χ3v) is 1.83. The van der Waals surface area contributed by atoms with Gasteiger partial charge in [0.05, 0.1) is 5.69 Å². The van der Waals surface area contributed by atoms with E-state index >= 15 is 0 Å². The van der Waals surface area contributed by atoms with E-state index in [9.17, 15) is 0 Å². The van der Waals surface area contributed by atoms with Gasteiger partial charge in [-0.05, 0) is 19.3 Å². The van der Waals surface area contributed by atoms with Gasteiger partial charge >= 0.3 is 0 Å². The molecule has 0 aromatic carbocycles. The maximum absolute atomic E-state index is 5.53. The first-order chi connectivity index (χ1) is 5.43. The summed E-state index contributed by atoms with van der Waals surface area (Å²) < 4.78 is 4.70. The van der Waals surface area contributed by atoms with E-state index in [-0.39, 0.29) is 0 Å². The van der Waals surface area contributed by atoms with Crippen LogP contribution in [0.5, 0.6) is 0 Å². The molecule has 0 amide bonds. The molecule has 0 aliphatic carbocycles. The first-order valence-corrected chi connectivity index (χ1v) is 4.42. The molecule has 0 aliphatic heterocycles. The lowest BCUT2D eigenvalue weighted by atomic mass is 10.2. The third-order valence-electron chi connectivity index (χ3n) is 1.56. The summed E-state index contributed by atoms with van der Waals surface area (Å²) in [6.07, 6.45) is 6.04. The molecule has 11 heavy (non-hydrogen) atoms. The van der Waals surface area contributed by atoms with E-state index in [0.29, 0.717) is 0 Å². The molecule has 2 nitrogen and oxygen atoms in total. The Morgan fingerprint density at radius 1 is 1.36 bits per heavy atom. The minimum Gasteiger partial charge on any atom is -0.365 e. The number of rotatable bonds is 5. The predicted molar refractivity (Wildman–Crippen MR) is 44.8 cm³/mol. The number of hydrogen-bond donors (Lipinski definition) is 0. The van der Waals surface area contributed by atoms with Gasteiger partial charge in [-0.25, -0.2) is 0 Å². The normalized spacial score (nSPS) is 10.3. The molecule has 62 valence electrons. The fourth-order valence-electron chi connectivity index (χ4n) is 0.944. The minimum atomic E-state index is 0.763. The Balaban J connectivity index is 2.04. The highest BCUT2D eigenvalue weighted by atomic mass is 35.5. The zero-order chi connectivity index (χ0) is 7.94. The average molecular weight is 174 g/mol. The highest BCUT2D eigenvalue weighted by Crippen LogP contribution is 2.04. The molecule has 0 fully saturated rings. The Bertz CT molecular complexity index is 174. The molecule has 0 aliphatic rings. The van der Waals surface area contributed by atoms with Crippen molar-refractivity contribution in [3.63, 3.8) is 0 Å². The van der Waals surface area contributed by atoms with E-state index in [0.717, 1.165) is 30.8 Å². The lowest BCUT2D eigenvalue weighted by Gasteiger charge is -1.93. The van der Waals surface area contributed by atoms with E-state index in [1.807, 2.05) is 6.07 Å². The van der Waals surface area contributed by atoms with Crippen molar-refractivity contribution in [2.45, 2.75) is 25.7 Å². The molecule has 1 aromatic rings. The van der Waals surface area contributed by atoms with Crippen molar-refractivity contribution in [1.82, 2.24) is 5.16 Å². The van der Waals surface area contributed by atoms with Crippen LogP contribution in [0.4, 0.5) is 0 Å². The van der Waals surface area contributed by atoms with E-state index in [1.165, 1.54) is 6.42 Å². The Hall–Kier alpha value is -0.500. The van der Waals surface area contributed by atoms with Crippen molar-refractivity contribution in [3.05, 3.63) is 18.0 Å². The van der Waals surface area contributed by atoms with Crippen molar-refractivity contribution in [2.75, 3.05) is 5.88 Å². The summed E-state index contributed by atoms with van der Waals surface area (Å²) in [5.41, 5.74) is 1.04. The highest BCUT2D eigenvalue weighted by Gasteiger charge is 1.94. The molecule has 0 unspecified atom stereocenters. The maximum Gasteiger partial charge on any atom is 0.124 e. The second-order valence-corrected chi connectivity index (χ2v) is 2.87. The van der Waals surface area contributed by atoms with E-state index in [2.05, 4.69) is 5.16 Å². The average Bonchev–Trinajstić information content (AvgIpc) is 2.50. The molecule has 0 bridgehead atoms. The molecule has 1 aromatic heterocycles. The molecule has 3 heteroatoms. The molecular weight excluding hydrogens is 162 g/mol. The summed E-state index contributed by atoms with van der Waals surface area (Å²) >= 11 is 5.53. The van der Waals surface area contributed by atoms with E-state index in [4.69, 9.17) is 16.1 Å². The molecule has 0 radical (unpaired) electrons. The summed E-state index contributed by atoms with van der Waals surface area (Å²) in [5, 5.41) is 3.81. The van der Waals surface area contributed by atoms with Gasteiger partial charge in [-0.15, -0.1) is 11.6 Å². The van der Waals surface area contributed by atoms with E-state index in [1.54, 1.807) is 6.26 Å². The monoisotopic (exact) mass is 173 g/mol. The molecule has 0 saturated heterocycles. The van der Waals surface area contributed by atoms with Gasteiger partial charge in [0.15, 0.2) is 0 Å². The number of aromatic nitrogens is 1. The number of halogens is 1. The fourth-order valence-corrected chi connectivity index (χ4v) is 1.13. The Kier molecular flexibility index (Phi) is 4.06. The van der Waals surface area contributed by atoms with Crippen LogP contribution < -0.4 is 0 Å². The molecule has 1 heterocycles. The van der Waals surface area contributed by atoms with Crippen molar-refractivity contribution >= 4 is 11.6 Å². The topological polar surface area (TPSA) is 26.0 Å². The van der Waals surface area contributed by atoms with E-state index < -0.39 is 0 Å². The van der Waals surface area contributed by atoms with Crippen LogP contribution in [0.15, 0.2) is 16.9 Å². The van der Waals surface area contributed by atoms with Gasteiger partial charge in [0.2, 0.25) is 0 Å². The van der Waals surface area contributed by atoms with Gasteiger partial charge in [0, 0.05) is 11.9 Å². The molecule has 0 N–H and O–H groups in total. The van der Waals surface area contributed by atoms with Gasteiger partial charge < -0.3 is 4.52 Å². The van der Waals surface area contributed by atoms with Crippen molar-refractivity contribution in [3.8, 4) is 0 Å². The number of nitrogens with zero attached hydrogens (tertiary/aromatic N) is 1. The van der Waals surface area contributed by atoms with Crippen molar-refractivity contribution in [1.29, 1.82) is 0 Å². The quantitative estimate of drug-likeness (QED) is 0.506. The van der Waals surface area contributed by atoms with Gasteiger partial charge in [-0.3, -0.25) is 0 Å². The molecule has 0 atom stereocenters. The van der Waals surface area contributed by atoms with Gasteiger partial charge in [-0.2, -0.15) is 0 Å². The standard InChI is InChI=1S/C8H12ClNO/c9-6-3-1-2-4-8-5-7-11-10-8/h5,7H,1-4,6H2. The summed E-state index contributed by atoms with van der Waals surface area (Å²) in [5.74, 6) is 0.763. The number of aryl methyl sites for hydroxylation is 1. The van der Waals surface area contributed by atoms with Gasteiger partial charge in [0.25, 0.3) is 0 Å². The van der Waals surface area contributed by atoms with Crippen molar-refractivity contribution < 1.29 is 4.52 Å². The summed E-state index contributed by atoms with van der Waals surface area (Å²) in [4.78, 5) is 0. The summed E-state index contributed by atoms with van der Waals surface area (Å²) in [6.45, 7) is 0. The number of hydrogen-bond acceptors (Lipinski definition) is 2. The lowest BCUT2D eigenvalue weighted by molar-refractivity contribution is 0.410. The minimum absolute atomic E-state index is 0.763. The molecule has 0 saturated carbocycles. The Morgan fingerprint density at radius 2 is 2.27 bits per heavy atom.